The van der Waals surface area contributed by atoms with Crippen LogP contribution in [0.15, 0.2) is 91.4 Å². The van der Waals surface area contributed by atoms with Crippen molar-refractivity contribution in [3.05, 3.63) is 108 Å². The number of benzene rings is 3. The SMILES string of the molecule is Cc1ccc(-c2cn3ccnc3c(Nc3ccccc3)n2)cc1NC(=O)c1ccc(C(C)(C)C)cc1. The summed E-state index contributed by atoms with van der Waals surface area (Å²) in [5.41, 5.74) is 6.92. The second-order valence-electron chi connectivity index (χ2n) is 9.94. The molecule has 3 aromatic carbocycles. The number of anilines is 3. The van der Waals surface area contributed by atoms with Crippen molar-refractivity contribution in [2.45, 2.75) is 33.1 Å². The smallest absolute Gasteiger partial charge is 0.255 e. The molecule has 1 amide bonds. The van der Waals surface area contributed by atoms with Gasteiger partial charge in [0.25, 0.3) is 5.91 Å². The first-order chi connectivity index (χ1) is 17.3. The number of hydrogen-bond donors (Lipinski definition) is 2. The van der Waals surface area contributed by atoms with Crippen LogP contribution >= 0.6 is 0 Å². The van der Waals surface area contributed by atoms with Crippen molar-refractivity contribution in [2.24, 2.45) is 0 Å². The number of nitrogens with zero attached hydrogens (tertiary/aromatic N) is 3. The van der Waals surface area contributed by atoms with Crippen LogP contribution in [0.4, 0.5) is 17.2 Å². The Bertz CT molecular complexity index is 1530. The molecular formula is C30H29N5O. The zero-order valence-corrected chi connectivity index (χ0v) is 20.9. The Morgan fingerprint density at radius 3 is 2.42 bits per heavy atom. The molecule has 0 aliphatic heterocycles. The molecule has 0 fully saturated rings. The van der Waals surface area contributed by atoms with Crippen LogP contribution in [-0.4, -0.2) is 20.3 Å². The molecule has 0 spiro atoms. The second-order valence-corrected chi connectivity index (χ2v) is 9.94. The number of para-hydroxylation sites is 1. The van der Waals surface area contributed by atoms with Gasteiger partial charge in [-0.1, -0.05) is 63.2 Å². The van der Waals surface area contributed by atoms with Gasteiger partial charge in [0.2, 0.25) is 0 Å². The topological polar surface area (TPSA) is 71.3 Å². The summed E-state index contributed by atoms with van der Waals surface area (Å²) in [6, 6.07) is 23.7. The fourth-order valence-electron chi connectivity index (χ4n) is 4.04. The van der Waals surface area contributed by atoms with Crippen LogP contribution in [-0.2, 0) is 5.41 Å². The number of imidazole rings is 1. The molecule has 5 rings (SSSR count). The first kappa shape index (κ1) is 23.3. The number of nitrogens with one attached hydrogen (secondary N) is 2. The van der Waals surface area contributed by atoms with E-state index >= 15 is 0 Å². The lowest BCUT2D eigenvalue weighted by Crippen LogP contribution is -2.15. The molecule has 2 aromatic heterocycles. The van der Waals surface area contributed by atoms with E-state index in [1.165, 1.54) is 5.56 Å². The summed E-state index contributed by atoms with van der Waals surface area (Å²) in [5, 5.41) is 6.45. The van der Waals surface area contributed by atoms with Crippen LogP contribution in [0, 0.1) is 6.92 Å². The molecule has 5 aromatic rings. The fourth-order valence-corrected chi connectivity index (χ4v) is 4.04. The first-order valence-electron chi connectivity index (χ1n) is 12.0. The average molecular weight is 476 g/mol. The highest BCUT2D eigenvalue weighted by Crippen LogP contribution is 2.28. The van der Waals surface area contributed by atoms with Gasteiger partial charge in [-0.25, -0.2) is 9.97 Å². The predicted octanol–water partition coefficient (Wildman–Crippen LogP) is 7.00. The predicted molar refractivity (Wildman–Crippen MR) is 146 cm³/mol. The van der Waals surface area contributed by atoms with E-state index in [1.807, 2.05) is 96.5 Å². The minimum atomic E-state index is -0.139. The zero-order valence-electron chi connectivity index (χ0n) is 20.9. The minimum Gasteiger partial charge on any atom is -0.337 e. The standard InChI is InChI=1S/C30H29N5O/c1-20-10-11-22(18-25(20)34-29(36)21-12-14-23(15-13-21)30(2,3)4)26-19-35-17-16-31-28(35)27(33-26)32-24-8-6-5-7-9-24/h5-19H,1-4H3,(H,32,33)(H,34,36). The van der Waals surface area contributed by atoms with Gasteiger partial charge in [-0.3, -0.25) is 4.79 Å². The molecule has 0 radical (unpaired) electrons. The van der Waals surface area contributed by atoms with E-state index in [0.29, 0.717) is 11.4 Å². The molecule has 0 unspecified atom stereocenters. The van der Waals surface area contributed by atoms with Crippen molar-refractivity contribution in [3.8, 4) is 11.3 Å². The molecule has 2 N–H and O–H groups in total. The van der Waals surface area contributed by atoms with Gasteiger partial charge in [0.1, 0.15) is 0 Å². The van der Waals surface area contributed by atoms with Crippen LogP contribution in [0.25, 0.3) is 16.9 Å². The zero-order chi connectivity index (χ0) is 25.3. The van der Waals surface area contributed by atoms with Gasteiger partial charge in [-0.15, -0.1) is 0 Å². The maximum atomic E-state index is 13.0. The number of carbonyl (C=O) groups is 1. The summed E-state index contributed by atoms with van der Waals surface area (Å²) in [6.45, 7) is 8.46. The van der Waals surface area contributed by atoms with Gasteiger partial charge in [0, 0.05) is 41.1 Å². The van der Waals surface area contributed by atoms with Gasteiger partial charge in [-0.05, 0) is 53.8 Å². The van der Waals surface area contributed by atoms with E-state index in [-0.39, 0.29) is 11.3 Å². The minimum absolute atomic E-state index is 0.0392. The highest BCUT2D eigenvalue weighted by Gasteiger charge is 2.16. The number of fused-ring (bicyclic) bond motifs is 1. The number of rotatable bonds is 5. The van der Waals surface area contributed by atoms with Crippen LogP contribution in [0.3, 0.4) is 0 Å². The number of aryl methyl sites for hydroxylation is 1. The van der Waals surface area contributed by atoms with E-state index in [4.69, 9.17) is 4.98 Å². The Balaban J connectivity index is 1.45. The van der Waals surface area contributed by atoms with Gasteiger partial charge in [-0.2, -0.15) is 0 Å². The molecule has 0 atom stereocenters. The Labute approximate surface area is 211 Å². The number of carbonyl (C=O) groups excluding carboxylic acids is 1. The molecule has 2 heterocycles. The number of amides is 1. The van der Waals surface area contributed by atoms with E-state index in [2.05, 4.69) is 36.4 Å². The Morgan fingerprint density at radius 2 is 1.69 bits per heavy atom. The van der Waals surface area contributed by atoms with Gasteiger partial charge in [0.15, 0.2) is 11.5 Å². The van der Waals surface area contributed by atoms with Crippen LogP contribution < -0.4 is 10.6 Å². The summed E-state index contributed by atoms with van der Waals surface area (Å²) >= 11 is 0. The van der Waals surface area contributed by atoms with Crippen LogP contribution in [0.2, 0.25) is 0 Å². The second kappa shape index (κ2) is 9.30. The molecule has 0 saturated carbocycles. The quantitative estimate of drug-likeness (QED) is 0.287. The average Bonchev–Trinajstić information content (AvgIpc) is 3.35. The summed E-state index contributed by atoms with van der Waals surface area (Å²) in [4.78, 5) is 22.4. The largest absolute Gasteiger partial charge is 0.337 e. The van der Waals surface area contributed by atoms with Crippen LogP contribution in [0.1, 0.15) is 42.3 Å². The van der Waals surface area contributed by atoms with E-state index in [1.54, 1.807) is 6.20 Å². The van der Waals surface area contributed by atoms with Crippen molar-refractivity contribution in [3.63, 3.8) is 0 Å². The van der Waals surface area contributed by atoms with Crippen molar-refractivity contribution in [1.29, 1.82) is 0 Å². The lowest BCUT2D eigenvalue weighted by molar-refractivity contribution is 0.102. The third-order valence-corrected chi connectivity index (χ3v) is 6.21. The van der Waals surface area contributed by atoms with E-state index in [9.17, 15) is 4.79 Å². The first-order valence-corrected chi connectivity index (χ1v) is 12.0. The Morgan fingerprint density at radius 1 is 0.944 bits per heavy atom. The number of aromatic nitrogens is 3. The maximum Gasteiger partial charge on any atom is 0.255 e. The molecule has 36 heavy (non-hydrogen) atoms. The normalized spacial score (nSPS) is 11.4. The van der Waals surface area contributed by atoms with Gasteiger partial charge >= 0.3 is 0 Å². The molecule has 6 nitrogen and oxygen atoms in total. The summed E-state index contributed by atoms with van der Waals surface area (Å²) in [6.07, 6.45) is 5.59. The maximum absolute atomic E-state index is 13.0. The fraction of sp³-hybridized carbons (Fsp3) is 0.167. The molecule has 6 heteroatoms. The summed E-state index contributed by atoms with van der Waals surface area (Å²) in [7, 11) is 0. The highest BCUT2D eigenvalue weighted by atomic mass is 16.1. The Kier molecular flexibility index (Phi) is 6.02. The molecular weight excluding hydrogens is 446 g/mol. The van der Waals surface area contributed by atoms with Gasteiger partial charge < -0.3 is 15.0 Å². The van der Waals surface area contributed by atoms with Crippen molar-refractivity contribution < 1.29 is 4.79 Å². The highest BCUT2D eigenvalue weighted by molar-refractivity contribution is 6.05. The molecule has 0 aliphatic rings. The summed E-state index contributed by atoms with van der Waals surface area (Å²) in [5.74, 6) is 0.522. The molecule has 180 valence electrons. The lowest BCUT2D eigenvalue weighted by atomic mass is 9.86. The molecule has 0 aliphatic carbocycles. The third-order valence-electron chi connectivity index (χ3n) is 6.21. The van der Waals surface area contributed by atoms with Crippen molar-refractivity contribution in [2.75, 3.05) is 10.6 Å². The van der Waals surface area contributed by atoms with Crippen LogP contribution in [0.5, 0.6) is 0 Å². The monoisotopic (exact) mass is 475 g/mol. The van der Waals surface area contributed by atoms with Gasteiger partial charge in [0.05, 0.1) is 5.69 Å². The van der Waals surface area contributed by atoms with E-state index in [0.717, 1.165) is 33.8 Å². The summed E-state index contributed by atoms with van der Waals surface area (Å²) < 4.78 is 1.95. The number of hydrogen-bond acceptors (Lipinski definition) is 4. The Hall–Kier alpha value is -4.45. The van der Waals surface area contributed by atoms with E-state index < -0.39 is 0 Å². The lowest BCUT2D eigenvalue weighted by Gasteiger charge is -2.19. The molecule has 0 bridgehead atoms. The van der Waals surface area contributed by atoms with Crippen molar-refractivity contribution >= 4 is 28.7 Å². The third kappa shape index (κ3) is 4.84. The van der Waals surface area contributed by atoms with Crippen molar-refractivity contribution in [1.82, 2.24) is 14.4 Å². The molecule has 0 saturated heterocycles.